The van der Waals surface area contributed by atoms with E-state index in [2.05, 4.69) is 24.1 Å². The molecular weight excluding hydrogens is 240 g/mol. The van der Waals surface area contributed by atoms with Crippen molar-refractivity contribution in [2.45, 2.75) is 76.0 Å². The molecule has 2 aliphatic rings. The van der Waals surface area contributed by atoms with Gasteiger partial charge in [-0.15, -0.1) is 0 Å². The van der Waals surface area contributed by atoms with Crippen LogP contribution in [0.2, 0.25) is 0 Å². The van der Waals surface area contributed by atoms with Gasteiger partial charge in [0.15, 0.2) is 0 Å². The van der Waals surface area contributed by atoms with Crippen LogP contribution < -0.4 is 11.3 Å². The van der Waals surface area contributed by atoms with Gasteiger partial charge in [-0.3, -0.25) is 11.3 Å². The zero-order valence-corrected chi connectivity index (χ0v) is 12.7. The number of hydrogen-bond acceptors (Lipinski definition) is 3. The summed E-state index contributed by atoms with van der Waals surface area (Å²) in [5.74, 6) is 8.77. The third-order valence-electron chi connectivity index (χ3n) is 4.91. The average molecular weight is 270 g/mol. The van der Waals surface area contributed by atoms with E-state index in [9.17, 15) is 0 Å². The fraction of sp³-hybridized carbons (Fsp3) is 1.00. The van der Waals surface area contributed by atoms with Crippen LogP contribution in [0.4, 0.5) is 0 Å². The highest BCUT2D eigenvalue weighted by molar-refractivity contribution is 7.99. The van der Waals surface area contributed by atoms with Crippen molar-refractivity contribution in [2.75, 3.05) is 5.75 Å². The van der Waals surface area contributed by atoms with Crippen molar-refractivity contribution in [2.24, 2.45) is 17.7 Å². The molecule has 2 saturated carbocycles. The van der Waals surface area contributed by atoms with Gasteiger partial charge in [-0.2, -0.15) is 11.8 Å². The molecule has 2 fully saturated rings. The molecule has 0 amide bonds. The van der Waals surface area contributed by atoms with Crippen LogP contribution in [0.1, 0.15) is 64.7 Å². The van der Waals surface area contributed by atoms with Gasteiger partial charge in [0, 0.05) is 17.0 Å². The molecule has 3 N–H and O–H groups in total. The molecule has 0 saturated heterocycles. The van der Waals surface area contributed by atoms with E-state index in [1.54, 1.807) is 0 Å². The summed E-state index contributed by atoms with van der Waals surface area (Å²) in [5.41, 5.74) is 3.11. The first-order valence-corrected chi connectivity index (χ1v) is 8.92. The monoisotopic (exact) mass is 270 g/mol. The molecule has 0 spiro atoms. The molecule has 0 radical (unpaired) electrons. The molecular formula is C15H30N2S. The summed E-state index contributed by atoms with van der Waals surface area (Å²) < 4.78 is 0. The maximum atomic E-state index is 5.79. The summed E-state index contributed by atoms with van der Waals surface area (Å²) in [4.78, 5) is 0. The standard InChI is InChI=1S/C15H30N2S/c1-12-7-9-13(10-8-12)15(17-16)11-18-14-5-3-2-4-6-14/h12-15,17H,2-11,16H2,1H3. The largest absolute Gasteiger partial charge is 0.271 e. The molecule has 1 unspecified atom stereocenters. The summed E-state index contributed by atoms with van der Waals surface area (Å²) in [7, 11) is 0. The zero-order chi connectivity index (χ0) is 12.8. The van der Waals surface area contributed by atoms with Crippen LogP contribution in [0.25, 0.3) is 0 Å². The highest BCUT2D eigenvalue weighted by Crippen LogP contribution is 2.34. The van der Waals surface area contributed by atoms with E-state index in [1.165, 1.54) is 63.5 Å². The van der Waals surface area contributed by atoms with E-state index in [4.69, 9.17) is 5.84 Å². The Morgan fingerprint density at radius 1 is 1.06 bits per heavy atom. The van der Waals surface area contributed by atoms with E-state index in [0.29, 0.717) is 6.04 Å². The first-order valence-electron chi connectivity index (χ1n) is 7.87. The lowest BCUT2D eigenvalue weighted by Gasteiger charge is -2.33. The van der Waals surface area contributed by atoms with Crippen LogP contribution in [-0.4, -0.2) is 17.0 Å². The number of hydrogen-bond donors (Lipinski definition) is 2. The summed E-state index contributed by atoms with van der Waals surface area (Å²) in [6.45, 7) is 2.39. The molecule has 0 aliphatic heterocycles. The maximum Gasteiger partial charge on any atom is 0.0329 e. The Bertz CT molecular complexity index is 221. The fourth-order valence-corrected chi connectivity index (χ4v) is 4.99. The minimum Gasteiger partial charge on any atom is -0.271 e. The van der Waals surface area contributed by atoms with Gasteiger partial charge in [0.25, 0.3) is 0 Å². The number of nitrogens with one attached hydrogen (secondary N) is 1. The Balaban J connectivity index is 1.71. The highest BCUT2D eigenvalue weighted by atomic mass is 32.2. The Hall–Kier alpha value is 0.270. The van der Waals surface area contributed by atoms with Crippen molar-refractivity contribution in [3.8, 4) is 0 Å². The van der Waals surface area contributed by atoms with Gasteiger partial charge < -0.3 is 0 Å². The van der Waals surface area contributed by atoms with Gasteiger partial charge in [0.2, 0.25) is 0 Å². The lowest BCUT2D eigenvalue weighted by atomic mass is 9.80. The van der Waals surface area contributed by atoms with E-state index in [0.717, 1.165) is 17.1 Å². The second-order valence-corrected chi connectivity index (χ2v) is 7.72. The molecule has 106 valence electrons. The average Bonchev–Trinajstić information content (AvgIpc) is 2.42. The molecule has 0 bridgehead atoms. The smallest absolute Gasteiger partial charge is 0.0329 e. The van der Waals surface area contributed by atoms with Crippen molar-refractivity contribution in [1.29, 1.82) is 0 Å². The molecule has 0 heterocycles. The maximum absolute atomic E-state index is 5.79. The van der Waals surface area contributed by atoms with Gasteiger partial charge in [0.05, 0.1) is 0 Å². The highest BCUT2D eigenvalue weighted by Gasteiger charge is 2.26. The molecule has 2 aliphatic carbocycles. The van der Waals surface area contributed by atoms with Gasteiger partial charge in [-0.05, 0) is 37.5 Å². The minimum absolute atomic E-state index is 0.546. The molecule has 0 aromatic carbocycles. The summed E-state index contributed by atoms with van der Waals surface area (Å²) >= 11 is 2.18. The van der Waals surface area contributed by atoms with Crippen LogP contribution in [-0.2, 0) is 0 Å². The van der Waals surface area contributed by atoms with Crippen LogP contribution in [0, 0.1) is 11.8 Å². The predicted octanol–water partition coefficient (Wildman–Crippen LogP) is 3.71. The zero-order valence-electron chi connectivity index (χ0n) is 11.9. The second-order valence-electron chi connectivity index (χ2n) is 6.39. The van der Waals surface area contributed by atoms with Crippen molar-refractivity contribution >= 4 is 11.8 Å². The molecule has 2 rings (SSSR count). The molecule has 0 aromatic heterocycles. The van der Waals surface area contributed by atoms with Crippen LogP contribution in [0.5, 0.6) is 0 Å². The summed E-state index contributed by atoms with van der Waals surface area (Å²) in [5, 5.41) is 0.914. The van der Waals surface area contributed by atoms with Gasteiger partial charge in [-0.1, -0.05) is 39.0 Å². The number of rotatable bonds is 5. The first-order chi connectivity index (χ1) is 8.79. The molecule has 18 heavy (non-hydrogen) atoms. The Kier molecular flexibility index (Phi) is 6.33. The lowest BCUT2D eigenvalue weighted by molar-refractivity contribution is 0.242. The molecule has 1 atom stereocenters. The summed E-state index contributed by atoms with van der Waals surface area (Å²) in [6, 6.07) is 0.546. The third kappa shape index (κ3) is 4.43. The van der Waals surface area contributed by atoms with Crippen LogP contribution in [0.3, 0.4) is 0 Å². The molecule has 2 nitrogen and oxygen atoms in total. The van der Waals surface area contributed by atoms with Gasteiger partial charge in [-0.25, -0.2) is 0 Å². The minimum atomic E-state index is 0.546. The number of thioether (sulfide) groups is 1. The van der Waals surface area contributed by atoms with Crippen molar-refractivity contribution in [3.05, 3.63) is 0 Å². The Morgan fingerprint density at radius 3 is 2.33 bits per heavy atom. The second kappa shape index (κ2) is 7.76. The number of nitrogens with two attached hydrogens (primary N) is 1. The van der Waals surface area contributed by atoms with E-state index in [-0.39, 0.29) is 0 Å². The van der Waals surface area contributed by atoms with Crippen LogP contribution >= 0.6 is 11.8 Å². The Labute approximate surface area is 117 Å². The fourth-order valence-electron chi connectivity index (χ4n) is 3.48. The number of hydrazine groups is 1. The molecule has 3 heteroatoms. The quantitative estimate of drug-likeness (QED) is 0.591. The van der Waals surface area contributed by atoms with Crippen molar-refractivity contribution in [1.82, 2.24) is 5.43 Å². The van der Waals surface area contributed by atoms with Crippen molar-refractivity contribution in [3.63, 3.8) is 0 Å². The van der Waals surface area contributed by atoms with Gasteiger partial charge in [0.1, 0.15) is 0 Å². The molecule has 0 aromatic rings. The first kappa shape index (κ1) is 14.7. The van der Waals surface area contributed by atoms with Crippen molar-refractivity contribution < 1.29 is 0 Å². The van der Waals surface area contributed by atoms with E-state index >= 15 is 0 Å². The Morgan fingerprint density at radius 2 is 1.72 bits per heavy atom. The summed E-state index contributed by atoms with van der Waals surface area (Å²) in [6.07, 6.45) is 12.8. The van der Waals surface area contributed by atoms with E-state index in [1.807, 2.05) is 0 Å². The normalized spacial score (nSPS) is 32.3. The van der Waals surface area contributed by atoms with E-state index < -0.39 is 0 Å². The van der Waals surface area contributed by atoms with Gasteiger partial charge >= 0.3 is 0 Å². The SMILES string of the molecule is CC1CCC(C(CSC2CCCCC2)NN)CC1. The topological polar surface area (TPSA) is 38.0 Å². The van der Waals surface area contributed by atoms with Crippen LogP contribution in [0.15, 0.2) is 0 Å². The lowest BCUT2D eigenvalue weighted by Crippen LogP contribution is -2.44. The predicted molar refractivity (Wildman–Crippen MR) is 81.6 cm³/mol. The third-order valence-corrected chi connectivity index (χ3v) is 6.40.